The van der Waals surface area contributed by atoms with Crippen molar-refractivity contribution in [3.8, 4) is 0 Å². The predicted octanol–water partition coefficient (Wildman–Crippen LogP) is 0.646. The third-order valence-electron chi connectivity index (χ3n) is 5.75. The molecular formula is C21H31ClN4O5S. The molecule has 0 bridgehead atoms. The molecule has 1 atom stereocenters. The molecule has 3 rings (SSSR count). The summed E-state index contributed by atoms with van der Waals surface area (Å²) < 4.78 is 33.4. The second-order valence-corrected chi connectivity index (χ2v) is 10.5. The van der Waals surface area contributed by atoms with E-state index in [0.29, 0.717) is 51.0 Å². The number of hydrogen-bond acceptors (Lipinski definition) is 6. The Bertz CT molecular complexity index is 895. The van der Waals surface area contributed by atoms with E-state index < -0.39 is 16.1 Å². The zero-order valence-corrected chi connectivity index (χ0v) is 20.1. The molecule has 1 N–H and O–H groups in total. The highest BCUT2D eigenvalue weighted by Gasteiger charge is 2.34. The van der Waals surface area contributed by atoms with Crippen molar-refractivity contribution in [2.24, 2.45) is 5.92 Å². The summed E-state index contributed by atoms with van der Waals surface area (Å²) in [5.74, 6) is -0.480. The SMILES string of the molecule is CC(C)[C@H](NS(=O)(=O)c1ccc(Cl)cc1)C(=O)N1CCN(C(=O)CN2CCOCC2)CC1. The van der Waals surface area contributed by atoms with Gasteiger partial charge in [-0.3, -0.25) is 14.5 Å². The molecule has 0 radical (unpaired) electrons. The summed E-state index contributed by atoms with van der Waals surface area (Å²) in [6.07, 6.45) is 0. The molecule has 1 aromatic carbocycles. The summed E-state index contributed by atoms with van der Waals surface area (Å²) in [5, 5.41) is 0.432. The van der Waals surface area contributed by atoms with Gasteiger partial charge >= 0.3 is 0 Å². The third kappa shape index (κ3) is 6.41. The highest BCUT2D eigenvalue weighted by atomic mass is 35.5. The number of ether oxygens (including phenoxy) is 1. The van der Waals surface area contributed by atoms with Crippen molar-refractivity contribution < 1.29 is 22.7 Å². The van der Waals surface area contributed by atoms with Gasteiger partial charge in [0.2, 0.25) is 21.8 Å². The van der Waals surface area contributed by atoms with Crippen LogP contribution in [0.2, 0.25) is 5.02 Å². The van der Waals surface area contributed by atoms with E-state index in [2.05, 4.69) is 9.62 Å². The summed E-state index contributed by atoms with van der Waals surface area (Å²) in [4.78, 5) is 31.3. The average molecular weight is 487 g/mol. The van der Waals surface area contributed by atoms with Gasteiger partial charge in [0.05, 0.1) is 24.7 Å². The lowest BCUT2D eigenvalue weighted by Crippen LogP contribution is -2.58. The standard InChI is InChI=1S/C21H31ClN4O5S/c1-16(2)20(23-32(29,30)18-5-3-17(22)4-6-18)21(28)26-9-7-25(8-10-26)19(27)15-24-11-13-31-14-12-24/h3-6,16,20,23H,7-15H2,1-2H3/t20-/m0/s1. The van der Waals surface area contributed by atoms with Crippen molar-refractivity contribution in [3.05, 3.63) is 29.3 Å². The van der Waals surface area contributed by atoms with E-state index in [0.717, 1.165) is 13.1 Å². The van der Waals surface area contributed by atoms with Crippen LogP contribution in [0.3, 0.4) is 0 Å². The van der Waals surface area contributed by atoms with Gasteiger partial charge in [-0.25, -0.2) is 8.42 Å². The van der Waals surface area contributed by atoms with Crippen molar-refractivity contribution in [2.75, 3.05) is 59.0 Å². The zero-order valence-electron chi connectivity index (χ0n) is 18.5. The Morgan fingerprint density at radius 1 is 1.00 bits per heavy atom. The summed E-state index contributed by atoms with van der Waals surface area (Å²) >= 11 is 5.85. The minimum absolute atomic E-state index is 0.0443. The number of rotatable bonds is 7. The monoisotopic (exact) mass is 486 g/mol. The Kier molecular flexibility index (Phi) is 8.51. The number of morpholine rings is 1. The van der Waals surface area contributed by atoms with Gasteiger partial charge in [-0.2, -0.15) is 4.72 Å². The number of carbonyl (C=O) groups is 2. The van der Waals surface area contributed by atoms with E-state index in [9.17, 15) is 18.0 Å². The number of nitrogens with one attached hydrogen (secondary N) is 1. The molecule has 0 unspecified atom stereocenters. The highest BCUT2D eigenvalue weighted by molar-refractivity contribution is 7.89. The Morgan fingerprint density at radius 3 is 2.12 bits per heavy atom. The van der Waals surface area contributed by atoms with Crippen LogP contribution in [0.15, 0.2) is 29.2 Å². The molecule has 11 heteroatoms. The first-order valence-corrected chi connectivity index (χ1v) is 12.7. The summed E-state index contributed by atoms with van der Waals surface area (Å²) in [6, 6.07) is 4.91. The second kappa shape index (κ2) is 10.9. The number of benzene rings is 1. The molecule has 1 aromatic rings. The van der Waals surface area contributed by atoms with Crippen molar-refractivity contribution in [2.45, 2.75) is 24.8 Å². The van der Waals surface area contributed by atoms with E-state index in [4.69, 9.17) is 16.3 Å². The second-order valence-electron chi connectivity index (χ2n) is 8.39. The molecule has 2 amide bonds. The van der Waals surface area contributed by atoms with Gasteiger partial charge in [0.25, 0.3) is 0 Å². The van der Waals surface area contributed by atoms with Crippen LogP contribution in [0.4, 0.5) is 0 Å². The molecule has 2 aliphatic rings. The Balaban J connectivity index is 1.57. The van der Waals surface area contributed by atoms with Crippen LogP contribution < -0.4 is 4.72 Å². The molecule has 178 valence electrons. The number of carbonyl (C=O) groups excluding carboxylic acids is 2. The molecule has 2 saturated heterocycles. The molecular weight excluding hydrogens is 456 g/mol. The third-order valence-corrected chi connectivity index (χ3v) is 7.45. The number of hydrogen-bond donors (Lipinski definition) is 1. The molecule has 2 fully saturated rings. The van der Waals surface area contributed by atoms with Crippen molar-refractivity contribution in [1.29, 1.82) is 0 Å². The first-order chi connectivity index (χ1) is 15.2. The van der Waals surface area contributed by atoms with Crippen LogP contribution in [0.25, 0.3) is 0 Å². The van der Waals surface area contributed by atoms with E-state index >= 15 is 0 Å². The van der Waals surface area contributed by atoms with Crippen molar-refractivity contribution >= 4 is 33.4 Å². The Labute approximate surface area is 194 Å². The van der Waals surface area contributed by atoms with Crippen LogP contribution >= 0.6 is 11.6 Å². The van der Waals surface area contributed by atoms with E-state index in [-0.39, 0.29) is 22.6 Å². The van der Waals surface area contributed by atoms with Crippen LogP contribution in [0, 0.1) is 5.92 Å². The Hall–Kier alpha value is -1.72. The summed E-state index contributed by atoms with van der Waals surface area (Å²) in [5.41, 5.74) is 0. The van der Waals surface area contributed by atoms with Gasteiger partial charge in [-0.15, -0.1) is 0 Å². The number of amides is 2. The van der Waals surface area contributed by atoms with Gasteiger partial charge in [-0.1, -0.05) is 25.4 Å². The maximum atomic E-state index is 13.1. The van der Waals surface area contributed by atoms with Crippen LogP contribution in [-0.4, -0.2) is 100 Å². The largest absolute Gasteiger partial charge is 0.379 e. The van der Waals surface area contributed by atoms with E-state index in [1.165, 1.54) is 24.3 Å². The minimum atomic E-state index is -3.88. The summed E-state index contributed by atoms with van der Waals surface area (Å²) in [7, 11) is -3.88. The minimum Gasteiger partial charge on any atom is -0.379 e. The molecule has 2 aliphatic heterocycles. The lowest BCUT2D eigenvalue weighted by molar-refractivity contribution is -0.142. The van der Waals surface area contributed by atoms with Gasteiger partial charge in [0, 0.05) is 44.3 Å². The molecule has 0 aromatic heterocycles. The number of sulfonamides is 1. The molecule has 2 heterocycles. The average Bonchev–Trinajstić information content (AvgIpc) is 2.78. The first kappa shape index (κ1) is 24.9. The van der Waals surface area contributed by atoms with E-state index in [1.807, 2.05) is 0 Å². The summed E-state index contributed by atoms with van der Waals surface area (Å²) in [6.45, 7) is 8.33. The smallest absolute Gasteiger partial charge is 0.241 e. The molecule has 9 nitrogen and oxygen atoms in total. The van der Waals surface area contributed by atoms with Crippen molar-refractivity contribution in [3.63, 3.8) is 0 Å². The molecule has 0 saturated carbocycles. The van der Waals surface area contributed by atoms with Crippen molar-refractivity contribution in [1.82, 2.24) is 19.4 Å². The lowest BCUT2D eigenvalue weighted by atomic mass is 10.0. The van der Waals surface area contributed by atoms with Crippen LogP contribution in [0.5, 0.6) is 0 Å². The quantitative estimate of drug-likeness (QED) is 0.607. The normalized spacial score (nSPS) is 19.2. The maximum absolute atomic E-state index is 13.1. The fourth-order valence-electron chi connectivity index (χ4n) is 3.74. The van der Waals surface area contributed by atoms with Gasteiger partial charge in [0.1, 0.15) is 6.04 Å². The predicted molar refractivity (Wildman–Crippen MR) is 121 cm³/mol. The van der Waals surface area contributed by atoms with Gasteiger partial charge < -0.3 is 14.5 Å². The molecule has 0 spiro atoms. The van der Waals surface area contributed by atoms with Gasteiger partial charge in [0.15, 0.2) is 0 Å². The fraction of sp³-hybridized carbons (Fsp3) is 0.619. The molecule has 0 aliphatic carbocycles. The zero-order chi connectivity index (χ0) is 23.3. The molecule has 32 heavy (non-hydrogen) atoms. The Morgan fingerprint density at radius 2 is 1.56 bits per heavy atom. The van der Waals surface area contributed by atoms with Crippen LogP contribution in [0.1, 0.15) is 13.8 Å². The topological polar surface area (TPSA) is 99.3 Å². The number of piperazine rings is 1. The number of nitrogens with zero attached hydrogens (tertiary/aromatic N) is 3. The first-order valence-electron chi connectivity index (χ1n) is 10.8. The van der Waals surface area contributed by atoms with Crippen LogP contribution in [-0.2, 0) is 24.3 Å². The fourth-order valence-corrected chi connectivity index (χ4v) is 5.21. The maximum Gasteiger partial charge on any atom is 0.241 e. The van der Waals surface area contributed by atoms with E-state index in [1.54, 1.807) is 23.6 Å². The number of halogens is 1. The highest BCUT2D eigenvalue weighted by Crippen LogP contribution is 2.17. The lowest BCUT2D eigenvalue weighted by Gasteiger charge is -2.38. The van der Waals surface area contributed by atoms with Gasteiger partial charge in [-0.05, 0) is 30.2 Å².